The Balaban J connectivity index is 1.45. The molecule has 3 aromatic rings. The summed E-state index contributed by atoms with van der Waals surface area (Å²) in [5.41, 5.74) is 1.14. The van der Waals surface area contributed by atoms with Crippen molar-refractivity contribution in [1.82, 2.24) is 5.06 Å². The van der Waals surface area contributed by atoms with Crippen molar-refractivity contribution in [3.8, 4) is 5.75 Å². The standard InChI is InChI=1S/C22H14FNO5/c23-16-7-4-8-17(12-16)28-13-14-5-3-6-15(11-14)22(27)29-24-20(25)18-9-1-2-10-19(18)21(24)26/h1-12H,13H2. The van der Waals surface area contributed by atoms with Crippen molar-refractivity contribution in [3.63, 3.8) is 0 Å². The summed E-state index contributed by atoms with van der Waals surface area (Å²) in [5.74, 6) is -2.30. The quantitative estimate of drug-likeness (QED) is 0.619. The molecule has 29 heavy (non-hydrogen) atoms. The molecule has 0 saturated heterocycles. The van der Waals surface area contributed by atoms with Crippen molar-refractivity contribution in [2.24, 2.45) is 0 Å². The zero-order chi connectivity index (χ0) is 20.4. The second-order valence-electron chi connectivity index (χ2n) is 6.28. The predicted octanol–water partition coefficient (Wildman–Crippen LogP) is 3.77. The molecule has 7 heteroatoms. The highest BCUT2D eigenvalue weighted by Crippen LogP contribution is 2.23. The lowest BCUT2D eigenvalue weighted by atomic mass is 10.1. The summed E-state index contributed by atoms with van der Waals surface area (Å²) in [6.07, 6.45) is 0. The molecule has 4 rings (SSSR count). The van der Waals surface area contributed by atoms with E-state index in [0.717, 1.165) is 0 Å². The molecule has 1 heterocycles. The maximum atomic E-state index is 13.2. The fourth-order valence-corrected chi connectivity index (χ4v) is 2.90. The maximum Gasteiger partial charge on any atom is 0.363 e. The molecule has 0 aliphatic carbocycles. The fourth-order valence-electron chi connectivity index (χ4n) is 2.90. The average Bonchev–Trinajstić information content (AvgIpc) is 2.98. The van der Waals surface area contributed by atoms with E-state index < -0.39 is 23.6 Å². The second-order valence-corrected chi connectivity index (χ2v) is 6.28. The number of carbonyl (C=O) groups excluding carboxylic acids is 3. The van der Waals surface area contributed by atoms with Gasteiger partial charge in [0.2, 0.25) is 0 Å². The fraction of sp³-hybridized carbons (Fsp3) is 0.0455. The van der Waals surface area contributed by atoms with Crippen molar-refractivity contribution < 1.29 is 28.3 Å². The lowest BCUT2D eigenvalue weighted by Crippen LogP contribution is -2.32. The molecule has 1 aliphatic heterocycles. The molecule has 0 N–H and O–H groups in total. The predicted molar refractivity (Wildman–Crippen MR) is 99.5 cm³/mol. The molecule has 0 saturated carbocycles. The number of hydroxylamine groups is 2. The Morgan fingerprint density at radius 3 is 2.24 bits per heavy atom. The average molecular weight is 391 g/mol. The lowest BCUT2D eigenvalue weighted by Gasteiger charge is -2.13. The van der Waals surface area contributed by atoms with Gasteiger partial charge in [0.15, 0.2) is 0 Å². The van der Waals surface area contributed by atoms with Gasteiger partial charge in [-0.2, -0.15) is 0 Å². The van der Waals surface area contributed by atoms with E-state index in [1.165, 1.54) is 42.5 Å². The van der Waals surface area contributed by atoms with Gasteiger partial charge in [0.25, 0.3) is 11.8 Å². The van der Waals surface area contributed by atoms with Crippen LogP contribution in [-0.4, -0.2) is 22.8 Å². The van der Waals surface area contributed by atoms with E-state index in [0.29, 0.717) is 16.4 Å². The molecule has 144 valence electrons. The number of carbonyl (C=O) groups is 3. The number of nitrogens with zero attached hydrogens (tertiary/aromatic N) is 1. The zero-order valence-electron chi connectivity index (χ0n) is 15.0. The summed E-state index contributed by atoms with van der Waals surface area (Å²) < 4.78 is 18.7. The van der Waals surface area contributed by atoms with Gasteiger partial charge >= 0.3 is 5.97 Å². The third-order valence-corrected chi connectivity index (χ3v) is 4.30. The van der Waals surface area contributed by atoms with Gasteiger partial charge in [-0.15, -0.1) is 0 Å². The summed E-state index contributed by atoms with van der Waals surface area (Å²) in [7, 11) is 0. The Bertz CT molecular complexity index is 1090. The number of imide groups is 1. The molecule has 1 aliphatic rings. The molecule has 6 nitrogen and oxygen atoms in total. The van der Waals surface area contributed by atoms with Crippen LogP contribution in [0.4, 0.5) is 4.39 Å². The molecular formula is C22H14FNO5. The molecule has 0 bridgehead atoms. The molecule has 0 radical (unpaired) electrons. The number of ether oxygens (including phenoxy) is 1. The van der Waals surface area contributed by atoms with E-state index in [2.05, 4.69) is 0 Å². The number of hydrogen-bond donors (Lipinski definition) is 0. The van der Waals surface area contributed by atoms with Crippen LogP contribution in [0.15, 0.2) is 72.8 Å². The van der Waals surface area contributed by atoms with Crippen LogP contribution in [-0.2, 0) is 11.4 Å². The number of fused-ring (bicyclic) bond motifs is 1. The van der Waals surface area contributed by atoms with E-state index in [9.17, 15) is 18.8 Å². The highest BCUT2D eigenvalue weighted by molar-refractivity contribution is 6.21. The van der Waals surface area contributed by atoms with Gasteiger partial charge in [0, 0.05) is 6.07 Å². The normalized spacial score (nSPS) is 12.7. The van der Waals surface area contributed by atoms with E-state index >= 15 is 0 Å². The number of rotatable bonds is 5. The summed E-state index contributed by atoms with van der Waals surface area (Å²) in [6.45, 7) is 0.0948. The Kier molecular flexibility index (Phi) is 4.78. The third kappa shape index (κ3) is 3.70. The molecule has 0 atom stereocenters. The Hall–Kier alpha value is -4.00. The Morgan fingerprint density at radius 2 is 1.55 bits per heavy atom. The molecular weight excluding hydrogens is 377 g/mol. The van der Waals surface area contributed by atoms with Crippen LogP contribution in [0, 0.1) is 5.82 Å². The monoisotopic (exact) mass is 391 g/mol. The minimum absolute atomic E-state index is 0.0948. The van der Waals surface area contributed by atoms with Gasteiger partial charge in [0.1, 0.15) is 18.2 Å². The highest BCUT2D eigenvalue weighted by atomic mass is 19.1. The summed E-state index contributed by atoms with van der Waals surface area (Å²) >= 11 is 0. The Morgan fingerprint density at radius 1 is 0.862 bits per heavy atom. The van der Waals surface area contributed by atoms with Crippen molar-refractivity contribution in [2.45, 2.75) is 6.61 Å². The van der Waals surface area contributed by atoms with Gasteiger partial charge in [-0.1, -0.05) is 35.4 Å². The molecule has 0 spiro atoms. The molecule has 0 fully saturated rings. The van der Waals surface area contributed by atoms with Crippen LogP contribution in [0.2, 0.25) is 0 Å². The van der Waals surface area contributed by atoms with Crippen molar-refractivity contribution in [1.29, 1.82) is 0 Å². The Labute approximate surface area is 165 Å². The first-order valence-corrected chi connectivity index (χ1v) is 8.70. The van der Waals surface area contributed by atoms with Crippen molar-refractivity contribution >= 4 is 17.8 Å². The van der Waals surface area contributed by atoms with E-state index in [1.807, 2.05) is 0 Å². The van der Waals surface area contributed by atoms with Crippen molar-refractivity contribution in [3.05, 3.63) is 101 Å². The summed E-state index contributed by atoms with van der Waals surface area (Å²) in [6, 6.07) is 18.3. The number of hydrogen-bond acceptors (Lipinski definition) is 5. The maximum absolute atomic E-state index is 13.2. The molecule has 0 aromatic heterocycles. The molecule has 3 aromatic carbocycles. The van der Waals surface area contributed by atoms with E-state index in [1.54, 1.807) is 30.3 Å². The first-order chi connectivity index (χ1) is 14.0. The summed E-state index contributed by atoms with van der Waals surface area (Å²) in [4.78, 5) is 42.1. The van der Waals surface area contributed by atoms with Gasteiger partial charge < -0.3 is 9.57 Å². The number of benzene rings is 3. The van der Waals surface area contributed by atoms with E-state index in [4.69, 9.17) is 9.57 Å². The number of halogens is 1. The van der Waals surface area contributed by atoms with Gasteiger partial charge in [-0.3, -0.25) is 9.59 Å². The SMILES string of the molecule is O=C(ON1C(=O)c2ccccc2C1=O)c1cccc(COc2cccc(F)c2)c1. The van der Waals surface area contributed by atoms with Crippen molar-refractivity contribution in [2.75, 3.05) is 0 Å². The third-order valence-electron chi connectivity index (χ3n) is 4.30. The van der Waals surface area contributed by atoms with Gasteiger partial charge in [-0.25, -0.2) is 9.18 Å². The van der Waals surface area contributed by atoms with Crippen LogP contribution in [0.1, 0.15) is 36.6 Å². The van der Waals surface area contributed by atoms with Crippen LogP contribution >= 0.6 is 0 Å². The first-order valence-electron chi connectivity index (χ1n) is 8.70. The van der Waals surface area contributed by atoms with Gasteiger partial charge in [-0.05, 0) is 42.0 Å². The smallest absolute Gasteiger partial charge is 0.363 e. The number of amides is 2. The first kappa shape index (κ1) is 18.4. The molecule has 0 unspecified atom stereocenters. The van der Waals surface area contributed by atoms with Crippen LogP contribution in [0.5, 0.6) is 5.75 Å². The minimum atomic E-state index is -0.855. The van der Waals surface area contributed by atoms with Gasteiger partial charge in [0.05, 0.1) is 16.7 Å². The summed E-state index contributed by atoms with van der Waals surface area (Å²) in [5, 5.41) is 0.461. The van der Waals surface area contributed by atoms with Crippen LogP contribution in [0.3, 0.4) is 0 Å². The van der Waals surface area contributed by atoms with Crippen LogP contribution in [0.25, 0.3) is 0 Å². The largest absolute Gasteiger partial charge is 0.489 e. The molecule has 2 amide bonds. The second kappa shape index (κ2) is 7.55. The zero-order valence-corrected chi connectivity index (χ0v) is 15.0. The van der Waals surface area contributed by atoms with E-state index in [-0.39, 0.29) is 23.3 Å². The van der Waals surface area contributed by atoms with Crippen LogP contribution < -0.4 is 4.74 Å². The topological polar surface area (TPSA) is 72.9 Å². The minimum Gasteiger partial charge on any atom is -0.489 e. The lowest BCUT2D eigenvalue weighted by molar-refractivity contribution is -0.0584. The highest BCUT2D eigenvalue weighted by Gasteiger charge is 2.38.